The maximum Gasteiger partial charge on any atom is 0.307 e. The highest BCUT2D eigenvalue weighted by Gasteiger charge is 2.04. The molecule has 19 heavy (non-hydrogen) atoms. The van der Waals surface area contributed by atoms with Crippen LogP contribution in [0.15, 0.2) is 18.2 Å². The third-order valence-electron chi connectivity index (χ3n) is 2.52. The molecule has 0 spiro atoms. The van der Waals surface area contributed by atoms with Crippen molar-refractivity contribution in [2.45, 2.75) is 19.9 Å². The summed E-state index contributed by atoms with van der Waals surface area (Å²) in [5.41, 5.74) is 1.48. The summed E-state index contributed by atoms with van der Waals surface area (Å²) < 4.78 is 9.89. The Morgan fingerprint density at radius 1 is 1.47 bits per heavy atom. The largest absolute Gasteiger partial charge is 0.495 e. The first-order chi connectivity index (χ1) is 9.21. The normalized spacial score (nSPS) is 9.74. The zero-order valence-electron chi connectivity index (χ0n) is 11.2. The molecule has 0 heterocycles. The summed E-state index contributed by atoms with van der Waals surface area (Å²) >= 11 is 0. The highest BCUT2D eigenvalue weighted by molar-refractivity contribution is 5.69. The molecule has 0 bridgehead atoms. The lowest BCUT2D eigenvalue weighted by molar-refractivity contribution is -0.142. The standard InChI is InChI=1S/C14H18N2O3/c1-3-19-14(17)6-7-16-10-11-4-5-13(18-2)12(8-11)9-15/h4-5,8,16H,3,6-7,10H2,1-2H3. The van der Waals surface area contributed by atoms with Crippen LogP contribution in [0.4, 0.5) is 0 Å². The first kappa shape index (κ1) is 15.0. The lowest BCUT2D eigenvalue weighted by Crippen LogP contribution is -2.19. The Hall–Kier alpha value is -2.06. The van der Waals surface area contributed by atoms with E-state index in [2.05, 4.69) is 11.4 Å². The third kappa shape index (κ3) is 4.98. The minimum atomic E-state index is -0.206. The zero-order valence-corrected chi connectivity index (χ0v) is 11.2. The first-order valence-electron chi connectivity index (χ1n) is 6.14. The zero-order chi connectivity index (χ0) is 14.1. The van der Waals surface area contributed by atoms with Gasteiger partial charge in [-0.3, -0.25) is 4.79 Å². The molecule has 0 amide bonds. The number of nitrogens with one attached hydrogen (secondary N) is 1. The van der Waals surface area contributed by atoms with E-state index in [0.717, 1.165) is 5.56 Å². The van der Waals surface area contributed by atoms with Crippen molar-refractivity contribution < 1.29 is 14.3 Å². The molecule has 1 aromatic carbocycles. The van der Waals surface area contributed by atoms with Crippen molar-refractivity contribution in [1.29, 1.82) is 5.26 Å². The highest BCUT2D eigenvalue weighted by atomic mass is 16.5. The molecule has 5 nitrogen and oxygen atoms in total. The van der Waals surface area contributed by atoms with E-state index in [1.54, 1.807) is 19.1 Å². The van der Waals surface area contributed by atoms with Gasteiger partial charge < -0.3 is 14.8 Å². The molecule has 0 atom stereocenters. The van der Waals surface area contributed by atoms with Crippen LogP contribution in [0.2, 0.25) is 0 Å². The van der Waals surface area contributed by atoms with E-state index < -0.39 is 0 Å². The van der Waals surface area contributed by atoms with E-state index in [9.17, 15) is 4.79 Å². The number of carbonyl (C=O) groups excluding carboxylic acids is 1. The molecule has 1 N–H and O–H groups in total. The molecule has 1 rings (SSSR count). The fourth-order valence-electron chi connectivity index (χ4n) is 1.61. The van der Waals surface area contributed by atoms with Crippen LogP contribution in [0.3, 0.4) is 0 Å². The van der Waals surface area contributed by atoms with Crippen LogP contribution < -0.4 is 10.1 Å². The fraction of sp³-hybridized carbons (Fsp3) is 0.429. The quantitative estimate of drug-likeness (QED) is 0.597. The Kier molecular flexibility index (Phi) is 6.41. The number of benzene rings is 1. The number of nitrogens with zero attached hydrogens (tertiary/aromatic N) is 1. The number of esters is 1. The van der Waals surface area contributed by atoms with Gasteiger partial charge in [0.1, 0.15) is 11.8 Å². The van der Waals surface area contributed by atoms with Gasteiger partial charge in [-0.25, -0.2) is 0 Å². The number of hydrogen-bond donors (Lipinski definition) is 1. The SMILES string of the molecule is CCOC(=O)CCNCc1ccc(OC)c(C#N)c1. The minimum Gasteiger partial charge on any atom is -0.495 e. The molecule has 0 fully saturated rings. The molecule has 102 valence electrons. The van der Waals surface area contributed by atoms with Crippen LogP contribution >= 0.6 is 0 Å². The monoisotopic (exact) mass is 262 g/mol. The molecule has 0 aromatic heterocycles. The van der Waals surface area contributed by atoms with Crippen LogP contribution in [-0.4, -0.2) is 26.2 Å². The third-order valence-corrected chi connectivity index (χ3v) is 2.52. The number of nitriles is 1. The van der Waals surface area contributed by atoms with E-state index in [1.807, 2.05) is 6.07 Å². The topological polar surface area (TPSA) is 71.3 Å². The maximum atomic E-state index is 11.1. The van der Waals surface area contributed by atoms with Gasteiger partial charge in [0.25, 0.3) is 0 Å². The molecule has 0 aliphatic carbocycles. The second-order valence-electron chi connectivity index (χ2n) is 3.88. The Balaban J connectivity index is 2.42. The number of ether oxygens (including phenoxy) is 2. The number of rotatable bonds is 7. The van der Waals surface area contributed by atoms with Crippen molar-refractivity contribution in [1.82, 2.24) is 5.32 Å². The fourth-order valence-corrected chi connectivity index (χ4v) is 1.61. The molecule has 1 aromatic rings. The van der Waals surface area contributed by atoms with Gasteiger partial charge in [0, 0.05) is 13.1 Å². The van der Waals surface area contributed by atoms with Gasteiger partial charge in [0.05, 0.1) is 25.7 Å². The molecule has 0 unspecified atom stereocenters. The van der Waals surface area contributed by atoms with E-state index in [0.29, 0.717) is 37.4 Å². The summed E-state index contributed by atoms with van der Waals surface area (Å²) in [6.07, 6.45) is 0.342. The molecule has 0 aliphatic heterocycles. The molecule has 0 radical (unpaired) electrons. The van der Waals surface area contributed by atoms with Crippen molar-refractivity contribution in [3.05, 3.63) is 29.3 Å². The van der Waals surface area contributed by atoms with E-state index >= 15 is 0 Å². The van der Waals surface area contributed by atoms with Gasteiger partial charge in [0.2, 0.25) is 0 Å². The Labute approximate surface area is 113 Å². The molecule has 0 aliphatic rings. The van der Waals surface area contributed by atoms with Crippen LogP contribution in [0.1, 0.15) is 24.5 Å². The molecule has 0 saturated carbocycles. The average molecular weight is 262 g/mol. The molecule has 5 heteroatoms. The Morgan fingerprint density at radius 2 is 2.26 bits per heavy atom. The van der Waals surface area contributed by atoms with Crippen molar-refractivity contribution in [3.8, 4) is 11.8 Å². The van der Waals surface area contributed by atoms with Crippen LogP contribution in [0.25, 0.3) is 0 Å². The van der Waals surface area contributed by atoms with Crippen LogP contribution in [-0.2, 0) is 16.1 Å². The van der Waals surface area contributed by atoms with Crippen molar-refractivity contribution in [2.75, 3.05) is 20.3 Å². The Morgan fingerprint density at radius 3 is 2.89 bits per heavy atom. The van der Waals surface area contributed by atoms with Crippen LogP contribution in [0, 0.1) is 11.3 Å². The van der Waals surface area contributed by atoms with Crippen LogP contribution in [0.5, 0.6) is 5.75 Å². The summed E-state index contributed by atoms with van der Waals surface area (Å²) in [6.45, 7) is 3.33. The van der Waals surface area contributed by atoms with Gasteiger partial charge >= 0.3 is 5.97 Å². The molecule has 0 saturated heterocycles. The maximum absolute atomic E-state index is 11.1. The van der Waals surface area contributed by atoms with Crippen molar-refractivity contribution >= 4 is 5.97 Å². The van der Waals surface area contributed by atoms with Crippen molar-refractivity contribution in [3.63, 3.8) is 0 Å². The summed E-state index contributed by atoms with van der Waals surface area (Å²) in [6, 6.07) is 7.51. The molecular weight excluding hydrogens is 244 g/mol. The minimum absolute atomic E-state index is 0.206. The second kappa shape index (κ2) is 8.11. The Bertz CT molecular complexity index is 466. The summed E-state index contributed by atoms with van der Waals surface area (Å²) in [4.78, 5) is 11.1. The van der Waals surface area contributed by atoms with E-state index in [1.165, 1.54) is 7.11 Å². The van der Waals surface area contributed by atoms with Gasteiger partial charge in [-0.05, 0) is 24.6 Å². The summed E-state index contributed by atoms with van der Waals surface area (Å²) in [5, 5.41) is 12.1. The van der Waals surface area contributed by atoms with Gasteiger partial charge in [-0.15, -0.1) is 0 Å². The number of hydrogen-bond acceptors (Lipinski definition) is 5. The van der Waals surface area contributed by atoms with Gasteiger partial charge in [-0.1, -0.05) is 6.07 Å². The summed E-state index contributed by atoms with van der Waals surface area (Å²) in [7, 11) is 1.54. The lowest BCUT2D eigenvalue weighted by atomic mass is 10.1. The van der Waals surface area contributed by atoms with E-state index in [-0.39, 0.29) is 5.97 Å². The number of carbonyl (C=O) groups is 1. The highest BCUT2D eigenvalue weighted by Crippen LogP contribution is 2.18. The summed E-state index contributed by atoms with van der Waals surface area (Å²) in [5.74, 6) is 0.361. The second-order valence-corrected chi connectivity index (χ2v) is 3.88. The van der Waals surface area contributed by atoms with Crippen molar-refractivity contribution in [2.24, 2.45) is 0 Å². The number of methoxy groups -OCH3 is 1. The first-order valence-corrected chi connectivity index (χ1v) is 6.14. The lowest BCUT2D eigenvalue weighted by Gasteiger charge is -2.07. The molecular formula is C14H18N2O3. The van der Waals surface area contributed by atoms with Gasteiger partial charge in [-0.2, -0.15) is 5.26 Å². The predicted octanol–water partition coefficient (Wildman–Crippen LogP) is 1.61. The predicted molar refractivity (Wildman–Crippen MR) is 70.7 cm³/mol. The van der Waals surface area contributed by atoms with E-state index in [4.69, 9.17) is 14.7 Å². The van der Waals surface area contributed by atoms with Gasteiger partial charge in [0.15, 0.2) is 0 Å². The average Bonchev–Trinajstić information content (AvgIpc) is 2.43. The smallest absolute Gasteiger partial charge is 0.307 e.